The summed E-state index contributed by atoms with van der Waals surface area (Å²) < 4.78 is 0. The fraction of sp³-hybridized carbons (Fsp3) is 0.211. The van der Waals surface area contributed by atoms with Crippen molar-refractivity contribution >= 4 is 16.7 Å². The molecule has 0 saturated carbocycles. The van der Waals surface area contributed by atoms with Crippen molar-refractivity contribution in [2.24, 2.45) is 0 Å². The molecule has 2 N–H and O–H groups in total. The molecule has 3 aromatic rings. The minimum Gasteiger partial charge on any atom is -0.356 e. The summed E-state index contributed by atoms with van der Waals surface area (Å²) in [5.74, 6) is 0.221. The van der Waals surface area contributed by atoms with Gasteiger partial charge in [0.2, 0.25) is 0 Å². The Bertz CT molecular complexity index is 820. The van der Waals surface area contributed by atoms with Crippen LogP contribution in [-0.4, -0.2) is 17.3 Å². The summed E-state index contributed by atoms with van der Waals surface area (Å²) in [6.45, 7) is 0.847. The first-order valence-electron chi connectivity index (χ1n) is 7.72. The van der Waals surface area contributed by atoms with E-state index in [-0.39, 0.29) is 11.8 Å². The summed E-state index contributed by atoms with van der Waals surface area (Å²) in [6.07, 6.45) is 1.43. The van der Waals surface area contributed by atoms with Crippen molar-refractivity contribution in [1.29, 1.82) is 0 Å². The molecule has 0 saturated heterocycles. The molecule has 0 aliphatic carbocycles. The SMILES string of the molecule is O=C(Cc1ccccc1)C1NCCc2c1[nH]c1ccccc21. The maximum absolute atomic E-state index is 12.7. The highest BCUT2D eigenvalue weighted by molar-refractivity contribution is 5.92. The van der Waals surface area contributed by atoms with E-state index in [4.69, 9.17) is 0 Å². The van der Waals surface area contributed by atoms with Gasteiger partial charge < -0.3 is 10.3 Å². The third-order valence-electron chi connectivity index (χ3n) is 4.40. The maximum Gasteiger partial charge on any atom is 0.160 e. The lowest BCUT2D eigenvalue weighted by molar-refractivity contribution is -0.120. The van der Waals surface area contributed by atoms with Gasteiger partial charge in [0, 0.05) is 29.6 Å². The van der Waals surface area contributed by atoms with Crippen LogP contribution in [0.25, 0.3) is 10.9 Å². The Kier molecular flexibility index (Phi) is 3.28. The quantitative estimate of drug-likeness (QED) is 0.778. The number of H-pyrrole nitrogens is 1. The van der Waals surface area contributed by atoms with Crippen molar-refractivity contribution in [2.75, 3.05) is 6.54 Å². The second-order valence-electron chi connectivity index (χ2n) is 5.83. The molecule has 0 spiro atoms. The molecule has 2 heterocycles. The minimum absolute atomic E-state index is 0.221. The number of carbonyl (C=O) groups excluding carboxylic acids is 1. The average Bonchev–Trinajstić information content (AvgIpc) is 2.94. The Morgan fingerprint density at radius 2 is 1.82 bits per heavy atom. The maximum atomic E-state index is 12.7. The van der Waals surface area contributed by atoms with Crippen LogP contribution in [0.4, 0.5) is 0 Å². The van der Waals surface area contributed by atoms with E-state index in [1.54, 1.807) is 0 Å². The van der Waals surface area contributed by atoms with Crippen LogP contribution in [0, 0.1) is 0 Å². The number of hydrogen-bond donors (Lipinski definition) is 2. The summed E-state index contributed by atoms with van der Waals surface area (Å²) in [5, 5.41) is 4.62. The van der Waals surface area contributed by atoms with Gasteiger partial charge >= 0.3 is 0 Å². The number of aromatic amines is 1. The molecular formula is C19H18N2O. The van der Waals surface area contributed by atoms with Crippen LogP contribution >= 0.6 is 0 Å². The normalized spacial score (nSPS) is 17.4. The second kappa shape index (κ2) is 5.43. The smallest absolute Gasteiger partial charge is 0.160 e. The fourth-order valence-electron chi connectivity index (χ4n) is 3.35. The van der Waals surface area contributed by atoms with Gasteiger partial charge in [-0.2, -0.15) is 0 Å². The molecule has 0 radical (unpaired) electrons. The number of para-hydroxylation sites is 1. The first-order valence-corrected chi connectivity index (χ1v) is 7.72. The van der Waals surface area contributed by atoms with Crippen LogP contribution in [0.15, 0.2) is 54.6 Å². The van der Waals surface area contributed by atoms with Crippen molar-refractivity contribution in [2.45, 2.75) is 18.9 Å². The third-order valence-corrected chi connectivity index (χ3v) is 4.40. The van der Waals surface area contributed by atoms with Crippen molar-refractivity contribution in [3.8, 4) is 0 Å². The van der Waals surface area contributed by atoms with E-state index < -0.39 is 0 Å². The van der Waals surface area contributed by atoms with E-state index >= 15 is 0 Å². The van der Waals surface area contributed by atoms with Gasteiger partial charge in [-0.25, -0.2) is 0 Å². The lowest BCUT2D eigenvalue weighted by Gasteiger charge is -2.23. The van der Waals surface area contributed by atoms with Crippen molar-refractivity contribution < 1.29 is 4.79 Å². The molecule has 4 rings (SSSR count). The highest BCUT2D eigenvalue weighted by Crippen LogP contribution is 2.30. The molecule has 2 aromatic carbocycles. The molecule has 0 fully saturated rings. The number of nitrogens with one attached hydrogen (secondary N) is 2. The average molecular weight is 290 g/mol. The number of hydrogen-bond acceptors (Lipinski definition) is 2. The minimum atomic E-state index is -0.226. The Morgan fingerprint density at radius 1 is 1.05 bits per heavy atom. The van der Waals surface area contributed by atoms with Crippen LogP contribution in [0.5, 0.6) is 0 Å². The van der Waals surface area contributed by atoms with Gasteiger partial charge in [-0.1, -0.05) is 48.5 Å². The fourth-order valence-corrected chi connectivity index (χ4v) is 3.35. The summed E-state index contributed by atoms with van der Waals surface area (Å²) in [4.78, 5) is 16.2. The number of carbonyl (C=O) groups is 1. The summed E-state index contributed by atoms with van der Waals surface area (Å²) in [7, 11) is 0. The Morgan fingerprint density at radius 3 is 2.68 bits per heavy atom. The van der Waals surface area contributed by atoms with Gasteiger partial charge in [-0.15, -0.1) is 0 Å². The van der Waals surface area contributed by atoms with Crippen molar-refractivity contribution in [3.05, 3.63) is 71.4 Å². The zero-order chi connectivity index (χ0) is 14.9. The highest BCUT2D eigenvalue weighted by atomic mass is 16.1. The van der Waals surface area contributed by atoms with Gasteiger partial charge in [0.1, 0.15) is 6.04 Å². The van der Waals surface area contributed by atoms with E-state index in [1.807, 2.05) is 36.4 Å². The molecule has 1 unspecified atom stereocenters. The molecule has 3 nitrogen and oxygen atoms in total. The van der Waals surface area contributed by atoms with Crippen LogP contribution in [0.2, 0.25) is 0 Å². The molecule has 22 heavy (non-hydrogen) atoms. The molecule has 0 bridgehead atoms. The molecule has 1 atom stereocenters. The van der Waals surface area contributed by atoms with Gasteiger partial charge in [0.15, 0.2) is 5.78 Å². The Balaban J connectivity index is 1.68. The van der Waals surface area contributed by atoms with Gasteiger partial charge in [0.05, 0.1) is 0 Å². The second-order valence-corrected chi connectivity index (χ2v) is 5.83. The van der Waals surface area contributed by atoms with E-state index in [9.17, 15) is 4.79 Å². The number of benzene rings is 2. The van der Waals surface area contributed by atoms with Crippen LogP contribution in [0.3, 0.4) is 0 Å². The molecule has 3 heteroatoms. The number of rotatable bonds is 3. The van der Waals surface area contributed by atoms with Crippen LogP contribution in [-0.2, 0) is 17.6 Å². The number of fused-ring (bicyclic) bond motifs is 3. The van der Waals surface area contributed by atoms with Crippen LogP contribution < -0.4 is 5.32 Å². The third kappa shape index (κ3) is 2.24. The predicted octanol–water partition coefficient (Wildman–Crippen LogP) is 3.17. The van der Waals surface area contributed by atoms with E-state index in [2.05, 4.69) is 28.5 Å². The topological polar surface area (TPSA) is 44.9 Å². The predicted molar refractivity (Wildman–Crippen MR) is 87.9 cm³/mol. The van der Waals surface area contributed by atoms with E-state index in [0.29, 0.717) is 6.42 Å². The standard InChI is InChI=1S/C19H18N2O/c22-17(12-13-6-2-1-3-7-13)19-18-15(10-11-20-19)14-8-4-5-9-16(14)21-18/h1-9,19-21H,10-12H2. The monoisotopic (exact) mass is 290 g/mol. The number of ketones is 1. The lowest BCUT2D eigenvalue weighted by Crippen LogP contribution is -2.35. The van der Waals surface area contributed by atoms with Gasteiger partial charge in [-0.05, 0) is 23.6 Å². The zero-order valence-electron chi connectivity index (χ0n) is 12.3. The molecule has 0 amide bonds. The number of Topliss-reactive ketones (excluding diaryl/α,β-unsaturated/α-hetero) is 1. The van der Waals surface area contributed by atoms with Crippen molar-refractivity contribution in [1.82, 2.24) is 10.3 Å². The van der Waals surface area contributed by atoms with Gasteiger partial charge in [0.25, 0.3) is 0 Å². The zero-order valence-corrected chi connectivity index (χ0v) is 12.3. The van der Waals surface area contributed by atoms with Gasteiger partial charge in [-0.3, -0.25) is 4.79 Å². The molecule has 1 aliphatic rings. The highest BCUT2D eigenvalue weighted by Gasteiger charge is 2.28. The Hall–Kier alpha value is -2.39. The summed E-state index contributed by atoms with van der Waals surface area (Å²) >= 11 is 0. The molecule has 110 valence electrons. The summed E-state index contributed by atoms with van der Waals surface area (Å²) in [6, 6.07) is 18.0. The Labute approximate surface area is 129 Å². The van der Waals surface area contributed by atoms with Crippen LogP contribution in [0.1, 0.15) is 22.9 Å². The largest absolute Gasteiger partial charge is 0.356 e. The molecule has 1 aliphatic heterocycles. The first kappa shape index (κ1) is 13.3. The summed E-state index contributed by atoms with van der Waals surface area (Å²) in [5.41, 5.74) is 4.53. The number of aromatic nitrogens is 1. The van der Waals surface area contributed by atoms with E-state index in [0.717, 1.165) is 29.7 Å². The van der Waals surface area contributed by atoms with E-state index in [1.165, 1.54) is 10.9 Å². The first-order chi connectivity index (χ1) is 10.8. The lowest BCUT2D eigenvalue weighted by atomic mass is 9.94. The molecular weight excluding hydrogens is 272 g/mol. The van der Waals surface area contributed by atoms with Crippen molar-refractivity contribution in [3.63, 3.8) is 0 Å². The molecule has 1 aromatic heterocycles.